The number of para-hydroxylation sites is 1. The first-order valence-corrected chi connectivity index (χ1v) is 7.23. The number of nitrogens with one attached hydrogen (secondary N) is 1. The minimum Gasteiger partial charge on any atom is -0.380 e. The van der Waals surface area contributed by atoms with E-state index >= 15 is 0 Å². The molecule has 0 fully saturated rings. The van der Waals surface area contributed by atoms with Crippen molar-refractivity contribution < 1.29 is 9.53 Å². The van der Waals surface area contributed by atoms with E-state index in [1.807, 2.05) is 24.3 Å². The second-order valence-electron chi connectivity index (χ2n) is 4.51. The Morgan fingerprint density at radius 2 is 2.05 bits per heavy atom. The zero-order valence-electron chi connectivity index (χ0n) is 12.1. The second kappa shape index (κ2) is 10.0. The number of methoxy groups -OCH3 is 1. The summed E-state index contributed by atoms with van der Waals surface area (Å²) in [4.78, 5) is 13.0. The minimum absolute atomic E-state index is 0. The summed E-state index contributed by atoms with van der Waals surface area (Å²) in [5.41, 5.74) is 6.36. The number of rotatable bonds is 7. The van der Waals surface area contributed by atoms with E-state index in [0.717, 1.165) is 10.6 Å². The van der Waals surface area contributed by atoms with Crippen molar-refractivity contribution in [3.63, 3.8) is 0 Å². The van der Waals surface area contributed by atoms with Crippen molar-refractivity contribution in [1.82, 2.24) is 0 Å². The number of carbonyl (C=O) groups is 1. The van der Waals surface area contributed by atoms with Crippen LogP contribution < -0.4 is 11.1 Å². The highest BCUT2D eigenvalue weighted by atomic mass is 35.5. The van der Waals surface area contributed by atoms with Gasteiger partial charge in [-0.05, 0) is 12.1 Å². The van der Waals surface area contributed by atoms with Crippen LogP contribution in [0.1, 0.15) is 20.3 Å². The number of nitrogens with two attached hydrogens (primary N) is 1. The predicted molar refractivity (Wildman–Crippen MR) is 87.8 cm³/mol. The van der Waals surface area contributed by atoms with Crippen molar-refractivity contribution in [2.75, 3.05) is 19.0 Å². The van der Waals surface area contributed by atoms with Gasteiger partial charge in [0.25, 0.3) is 0 Å². The molecule has 0 radical (unpaired) electrons. The van der Waals surface area contributed by atoms with Crippen LogP contribution >= 0.6 is 24.2 Å². The molecule has 1 atom stereocenters. The molecule has 0 aliphatic carbocycles. The van der Waals surface area contributed by atoms with Gasteiger partial charge in [-0.3, -0.25) is 4.79 Å². The lowest BCUT2D eigenvalue weighted by atomic mass is 10.2. The Balaban J connectivity index is 0.00000361. The van der Waals surface area contributed by atoms with Crippen molar-refractivity contribution in [3.05, 3.63) is 24.3 Å². The molecule has 0 saturated heterocycles. The average molecular weight is 319 g/mol. The summed E-state index contributed by atoms with van der Waals surface area (Å²) in [6.07, 6.45) is 0.0399. The van der Waals surface area contributed by atoms with Gasteiger partial charge in [0.05, 0.1) is 18.2 Å². The van der Waals surface area contributed by atoms with E-state index in [4.69, 9.17) is 10.5 Å². The summed E-state index contributed by atoms with van der Waals surface area (Å²) in [6.45, 7) is 4.59. The van der Waals surface area contributed by atoms with Crippen molar-refractivity contribution in [3.8, 4) is 0 Å². The number of benzene rings is 1. The summed E-state index contributed by atoms with van der Waals surface area (Å²) in [6, 6.07) is 7.80. The third kappa shape index (κ3) is 6.61. The molecule has 1 unspecified atom stereocenters. The first-order chi connectivity index (χ1) is 9.06. The molecule has 0 bridgehead atoms. The average Bonchev–Trinajstić information content (AvgIpc) is 2.37. The molecule has 1 amide bonds. The molecule has 114 valence electrons. The standard InChI is InChI=1S/C14H22N2O2S.ClH/c1-10(2)19-13-7-5-4-6-12(13)16-14(17)8-11(9-15)18-3;/h4-7,10-11H,8-9,15H2,1-3H3,(H,16,17);1H. The number of hydrogen-bond acceptors (Lipinski definition) is 4. The monoisotopic (exact) mass is 318 g/mol. The van der Waals surface area contributed by atoms with Crippen LogP contribution in [0, 0.1) is 0 Å². The number of ether oxygens (including phenoxy) is 1. The maximum absolute atomic E-state index is 11.9. The Morgan fingerprint density at radius 1 is 1.40 bits per heavy atom. The van der Waals surface area contributed by atoms with Crippen LogP contribution in [0.4, 0.5) is 5.69 Å². The Kier molecular flexibility index (Phi) is 9.67. The van der Waals surface area contributed by atoms with Crippen molar-refractivity contribution in [2.24, 2.45) is 5.73 Å². The maximum Gasteiger partial charge on any atom is 0.227 e. The van der Waals surface area contributed by atoms with Crippen LogP contribution in [0.5, 0.6) is 0 Å². The Hall–Kier alpha value is -0.750. The molecule has 1 aromatic carbocycles. The molecular weight excluding hydrogens is 296 g/mol. The summed E-state index contributed by atoms with van der Waals surface area (Å²) >= 11 is 1.73. The number of carbonyl (C=O) groups excluding carboxylic acids is 1. The fourth-order valence-electron chi connectivity index (χ4n) is 1.60. The lowest BCUT2D eigenvalue weighted by molar-refractivity contribution is -0.118. The van der Waals surface area contributed by atoms with Gasteiger partial charge in [0.1, 0.15) is 0 Å². The molecule has 1 aromatic rings. The molecule has 0 aromatic heterocycles. The van der Waals surface area contributed by atoms with E-state index in [1.54, 1.807) is 18.9 Å². The predicted octanol–water partition coefficient (Wildman–Crippen LogP) is 2.91. The lowest BCUT2D eigenvalue weighted by Crippen LogP contribution is -2.28. The minimum atomic E-state index is -0.232. The Labute approximate surface area is 131 Å². The zero-order chi connectivity index (χ0) is 14.3. The largest absolute Gasteiger partial charge is 0.380 e. The third-order valence-electron chi connectivity index (χ3n) is 2.53. The van der Waals surface area contributed by atoms with Crippen LogP contribution in [0.25, 0.3) is 0 Å². The topological polar surface area (TPSA) is 64.3 Å². The first kappa shape index (κ1) is 19.2. The third-order valence-corrected chi connectivity index (χ3v) is 3.61. The van der Waals surface area contributed by atoms with Gasteiger partial charge in [0.15, 0.2) is 0 Å². The van der Waals surface area contributed by atoms with Crippen LogP contribution in [0.3, 0.4) is 0 Å². The lowest BCUT2D eigenvalue weighted by Gasteiger charge is -2.15. The van der Waals surface area contributed by atoms with Gasteiger partial charge in [-0.1, -0.05) is 26.0 Å². The maximum atomic E-state index is 11.9. The first-order valence-electron chi connectivity index (χ1n) is 6.35. The summed E-state index contributed by atoms with van der Waals surface area (Å²) in [5, 5.41) is 3.39. The Bertz CT molecular complexity index is 412. The Morgan fingerprint density at radius 3 is 2.60 bits per heavy atom. The van der Waals surface area contributed by atoms with Gasteiger partial charge in [-0.2, -0.15) is 0 Å². The van der Waals surface area contributed by atoms with E-state index in [9.17, 15) is 4.79 Å². The number of amides is 1. The summed E-state index contributed by atoms with van der Waals surface area (Å²) < 4.78 is 5.11. The molecule has 4 nitrogen and oxygen atoms in total. The second-order valence-corrected chi connectivity index (χ2v) is 6.13. The van der Waals surface area contributed by atoms with Gasteiger partial charge in [-0.15, -0.1) is 24.2 Å². The molecule has 1 rings (SSSR count). The number of anilines is 1. The molecule has 0 saturated carbocycles. The van der Waals surface area contributed by atoms with E-state index in [1.165, 1.54) is 0 Å². The molecular formula is C14H23ClN2O2S. The molecule has 6 heteroatoms. The van der Waals surface area contributed by atoms with Gasteiger partial charge < -0.3 is 15.8 Å². The number of thioether (sulfide) groups is 1. The van der Waals surface area contributed by atoms with Crippen LogP contribution in [-0.4, -0.2) is 30.9 Å². The smallest absolute Gasteiger partial charge is 0.227 e. The molecule has 3 N–H and O–H groups in total. The summed E-state index contributed by atoms with van der Waals surface area (Å²) in [5.74, 6) is -0.0749. The van der Waals surface area contributed by atoms with Crippen LogP contribution in [0.15, 0.2) is 29.2 Å². The fraction of sp³-hybridized carbons (Fsp3) is 0.500. The molecule has 20 heavy (non-hydrogen) atoms. The van der Waals surface area contributed by atoms with E-state index in [2.05, 4.69) is 19.2 Å². The summed E-state index contributed by atoms with van der Waals surface area (Å²) in [7, 11) is 1.56. The zero-order valence-corrected chi connectivity index (χ0v) is 13.7. The quantitative estimate of drug-likeness (QED) is 0.759. The highest BCUT2D eigenvalue weighted by molar-refractivity contribution is 8.00. The van der Waals surface area contributed by atoms with E-state index in [-0.39, 0.29) is 30.8 Å². The normalized spacial score (nSPS) is 11.8. The molecule has 0 aliphatic rings. The number of halogens is 1. The van der Waals surface area contributed by atoms with Crippen molar-refractivity contribution in [1.29, 1.82) is 0 Å². The van der Waals surface area contributed by atoms with Crippen molar-refractivity contribution >= 4 is 35.8 Å². The fourth-order valence-corrected chi connectivity index (χ4v) is 2.51. The van der Waals surface area contributed by atoms with Crippen molar-refractivity contribution in [2.45, 2.75) is 36.5 Å². The van der Waals surface area contributed by atoms with E-state index < -0.39 is 0 Å². The molecule has 0 spiro atoms. The van der Waals surface area contributed by atoms with E-state index in [0.29, 0.717) is 11.8 Å². The van der Waals surface area contributed by atoms with Gasteiger partial charge in [0, 0.05) is 23.8 Å². The van der Waals surface area contributed by atoms with Gasteiger partial charge >= 0.3 is 0 Å². The SMILES string of the molecule is COC(CN)CC(=O)Nc1ccccc1SC(C)C.Cl. The van der Waals surface area contributed by atoms with Gasteiger partial charge in [0.2, 0.25) is 5.91 Å². The van der Waals surface area contributed by atoms with Crippen LogP contribution in [-0.2, 0) is 9.53 Å². The molecule has 0 aliphatic heterocycles. The highest BCUT2D eigenvalue weighted by Crippen LogP contribution is 2.30. The number of hydrogen-bond donors (Lipinski definition) is 2. The van der Waals surface area contributed by atoms with Gasteiger partial charge in [-0.25, -0.2) is 0 Å². The van der Waals surface area contributed by atoms with Crippen LogP contribution in [0.2, 0.25) is 0 Å². The molecule has 0 heterocycles. The highest BCUT2D eigenvalue weighted by Gasteiger charge is 2.13.